The second-order valence-electron chi connectivity index (χ2n) is 2.91. The number of ether oxygens (including phenoxy) is 1. The number of benzene rings is 1. The first-order chi connectivity index (χ1) is 6.13. The molecule has 1 nitrogen and oxygen atoms in total. The smallest absolute Gasteiger partial charge is 0.137 e. The molecule has 0 saturated carbocycles. The van der Waals surface area contributed by atoms with Crippen molar-refractivity contribution < 1.29 is 9.13 Å². The molecule has 0 amide bonds. The maximum absolute atomic E-state index is 12.8. The van der Waals surface area contributed by atoms with Crippen LogP contribution in [0.15, 0.2) is 22.7 Å². The van der Waals surface area contributed by atoms with Gasteiger partial charge < -0.3 is 4.74 Å². The highest BCUT2D eigenvalue weighted by Gasteiger charge is 2.03. The second kappa shape index (κ2) is 4.61. The topological polar surface area (TPSA) is 9.23 Å². The summed E-state index contributed by atoms with van der Waals surface area (Å²) in [6.45, 7) is 4.03. The van der Waals surface area contributed by atoms with Crippen molar-refractivity contribution >= 4 is 15.9 Å². The van der Waals surface area contributed by atoms with Gasteiger partial charge in [0.25, 0.3) is 0 Å². The van der Waals surface area contributed by atoms with E-state index in [1.54, 1.807) is 12.1 Å². The van der Waals surface area contributed by atoms with E-state index in [4.69, 9.17) is 4.74 Å². The molecule has 1 rings (SSSR count). The zero-order valence-electron chi connectivity index (χ0n) is 7.68. The Morgan fingerprint density at radius 2 is 2.23 bits per heavy atom. The Hall–Kier alpha value is -0.570. The molecule has 3 heteroatoms. The van der Waals surface area contributed by atoms with E-state index >= 15 is 0 Å². The summed E-state index contributed by atoms with van der Waals surface area (Å²) < 4.78 is 18.8. The lowest BCUT2D eigenvalue weighted by molar-refractivity contribution is 0.217. The van der Waals surface area contributed by atoms with Gasteiger partial charge >= 0.3 is 0 Å². The maximum atomic E-state index is 12.8. The van der Waals surface area contributed by atoms with Gasteiger partial charge in [0.05, 0.1) is 10.6 Å². The normalized spacial score (nSPS) is 12.6. The third-order valence-corrected chi connectivity index (χ3v) is 2.41. The third kappa shape index (κ3) is 2.99. The number of hydrogen-bond acceptors (Lipinski definition) is 1. The predicted octanol–water partition coefficient (Wildman–Crippen LogP) is 3.77. The zero-order valence-corrected chi connectivity index (χ0v) is 9.27. The average Bonchev–Trinajstić information content (AvgIpc) is 2.11. The van der Waals surface area contributed by atoms with Crippen LogP contribution in [-0.4, -0.2) is 6.10 Å². The molecule has 0 fully saturated rings. The molecule has 1 atom stereocenters. The fraction of sp³-hybridized carbons (Fsp3) is 0.400. The molecule has 0 N–H and O–H groups in total. The lowest BCUT2D eigenvalue weighted by atomic mass is 10.3. The van der Waals surface area contributed by atoms with Crippen molar-refractivity contribution in [2.75, 3.05) is 0 Å². The SMILES string of the molecule is CCC(C)Oc1ccc(F)c(Br)c1. The van der Waals surface area contributed by atoms with Gasteiger partial charge in [-0.25, -0.2) is 4.39 Å². The van der Waals surface area contributed by atoms with Crippen molar-refractivity contribution in [3.8, 4) is 5.75 Å². The summed E-state index contributed by atoms with van der Waals surface area (Å²) in [5, 5.41) is 0. The lowest BCUT2D eigenvalue weighted by Crippen LogP contribution is -2.09. The van der Waals surface area contributed by atoms with Crippen LogP contribution in [0, 0.1) is 5.82 Å². The monoisotopic (exact) mass is 246 g/mol. The summed E-state index contributed by atoms with van der Waals surface area (Å²) in [6, 6.07) is 4.66. The molecule has 13 heavy (non-hydrogen) atoms. The predicted molar refractivity (Wildman–Crippen MR) is 54.5 cm³/mol. The Bertz CT molecular complexity index is 288. The molecule has 0 aliphatic carbocycles. The van der Waals surface area contributed by atoms with E-state index in [0.29, 0.717) is 10.2 Å². The molecule has 1 unspecified atom stereocenters. The first-order valence-corrected chi connectivity index (χ1v) is 5.04. The standard InChI is InChI=1S/C10H12BrFO/c1-3-7(2)13-8-4-5-10(12)9(11)6-8/h4-7H,3H2,1-2H3. The van der Waals surface area contributed by atoms with E-state index in [-0.39, 0.29) is 11.9 Å². The van der Waals surface area contributed by atoms with Crippen LogP contribution in [0.2, 0.25) is 0 Å². The second-order valence-corrected chi connectivity index (χ2v) is 3.77. The van der Waals surface area contributed by atoms with Gasteiger partial charge in [0.1, 0.15) is 11.6 Å². The fourth-order valence-electron chi connectivity index (χ4n) is 0.866. The van der Waals surface area contributed by atoms with E-state index in [9.17, 15) is 4.39 Å². The van der Waals surface area contributed by atoms with Gasteiger partial charge in [0, 0.05) is 0 Å². The van der Waals surface area contributed by atoms with Crippen LogP contribution < -0.4 is 4.74 Å². The maximum Gasteiger partial charge on any atom is 0.137 e. The summed E-state index contributed by atoms with van der Waals surface area (Å²) >= 11 is 3.10. The molecule has 0 heterocycles. The van der Waals surface area contributed by atoms with Gasteiger partial charge in [-0.05, 0) is 47.5 Å². The van der Waals surface area contributed by atoms with Crippen LogP contribution in [-0.2, 0) is 0 Å². The molecule has 0 radical (unpaired) electrons. The molecular formula is C10H12BrFO. The van der Waals surface area contributed by atoms with Crippen molar-refractivity contribution in [3.63, 3.8) is 0 Å². The highest BCUT2D eigenvalue weighted by Crippen LogP contribution is 2.22. The van der Waals surface area contributed by atoms with Crippen LogP contribution in [0.25, 0.3) is 0 Å². The van der Waals surface area contributed by atoms with Crippen molar-refractivity contribution in [2.24, 2.45) is 0 Å². The largest absolute Gasteiger partial charge is 0.491 e. The Morgan fingerprint density at radius 1 is 1.54 bits per heavy atom. The van der Waals surface area contributed by atoms with Gasteiger partial charge in [0.2, 0.25) is 0 Å². The first kappa shape index (κ1) is 10.5. The Balaban J connectivity index is 2.73. The van der Waals surface area contributed by atoms with Crippen molar-refractivity contribution in [1.82, 2.24) is 0 Å². The molecule has 0 spiro atoms. The Morgan fingerprint density at radius 3 is 2.77 bits per heavy atom. The van der Waals surface area contributed by atoms with Gasteiger partial charge in [0.15, 0.2) is 0 Å². The van der Waals surface area contributed by atoms with Crippen LogP contribution in [0.1, 0.15) is 20.3 Å². The van der Waals surface area contributed by atoms with Crippen LogP contribution in [0.3, 0.4) is 0 Å². The van der Waals surface area contributed by atoms with E-state index in [1.807, 2.05) is 13.8 Å². The van der Waals surface area contributed by atoms with E-state index in [1.165, 1.54) is 6.07 Å². The lowest BCUT2D eigenvalue weighted by Gasteiger charge is -2.12. The number of rotatable bonds is 3. The van der Waals surface area contributed by atoms with Crippen LogP contribution >= 0.6 is 15.9 Å². The van der Waals surface area contributed by atoms with Crippen LogP contribution in [0.4, 0.5) is 4.39 Å². The van der Waals surface area contributed by atoms with Gasteiger partial charge in [-0.3, -0.25) is 0 Å². The Labute approximate surface area is 86.0 Å². The summed E-state index contributed by atoms with van der Waals surface area (Å²) in [5.74, 6) is 0.430. The highest BCUT2D eigenvalue weighted by atomic mass is 79.9. The van der Waals surface area contributed by atoms with Crippen molar-refractivity contribution in [1.29, 1.82) is 0 Å². The van der Waals surface area contributed by atoms with Gasteiger partial charge in [-0.15, -0.1) is 0 Å². The summed E-state index contributed by atoms with van der Waals surface area (Å²) in [6.07, 6.45) is 1.10. The molecule has 72 valence electrons. The molecule has 0 aliphatic rings. The summed E-state index contributed by atoms with van der Waals surface area (Å²) in [7, 11) is 0. The van der Waals surface area contributed by atoms with Crippen LogP contribution in [0.5, 0.6) is 5.75 Å². The van der Waals surface area contributed by atoms with Gasteiger partial charge in [-0.1, -0.05) is 6.92 Å². The number of halogens is 2. The minimum absolute atomic E-state index is 0.164. The molecule has 0 bridgehead atoms. The van der Waals surface area contributed by atoms with E-state index < -0.39 is 0 Å². The Kier molecular flexibility index (Phi) is 3.72. The van der Waals surface area contributed by atoms with E-state index in [2.05, 4.69) is 15.9 Å². The highest BCUT2D eigenvalue weighted by molar-refractivity contribution is 9.10. The molecule has 0 saturated heterocycles. The molecule has 1 aromatic carbocycles. The number of hydrogen-bond donors (Lipinski definition) is 0. The molecule has 0 aliphatic heterocycles. The van der Waals surface area contributed by atoms with Crippen molar-refractivity contribution in [3.05, 3.63) is 28.5 Å². The molecular weight excluding hydrogens is 235 g/mol. The average molecular weight is 247 g/mol. The first-order valence-electron chi connectivity index (χ1n) is 4.25. The third-order valence-electron chi connectivity index (χ3n) is 1.80. The summed E-state index contributed by atoms with van der Waals surface area (Å²) in [5.41, 5.74) is 0. The zero-order chi connectivity index (χ0) is 9.84. The van der Waals surface area contributed by atoms with Crippen molar-refractivity contribution in [2.45, 2.75) is 26.4 Å². The van der Waals surface area contributed by atoms with E-state index in [0.717, 1.165) is 6.42 Å². The minimum Gasteiger partial charge on any atom is -0.491 e. The minimum atomic E-state index is -0.267. The molecule has 0 aromatic heterocycles. The fourth-order valence-corrected chi connectivity index (χ4v) is 1.22. The summed E-state index contributed by atoms with van der Waals surface area (Å²) in [4.78, 5) is 0. The van der Waals surface area contributed by atoms with Gasteiger partial charge in [-0.2, -0.15) is 0 Å². The molecule has 1 aromatic rings. The quantitative estimate of drug-likeness (QED) is 0.790.